The molecule has 0 aliphatic carbocycles. The average Bonchev–Trinajstić information content (AvgIpc) is 2.60. The third-order valence-electron chi connectivity index (χ3n) is 2.81. The van der Waals surface area contributed by atoms with E-state index < -0.39 is 0 Å². The van der Waals surface area contributed by atoms with Gasteiger partial charge < -0.3 is 9.88 Å². The lowest BCUT2D eigenvalue weighted by atomic mass is 10.1. The van der Waals surface area contributed by atoms with Crippen LogP contribution in [-0.4, -0.2) is 16.7 Å². The molecular formula is C14H18Cl2N2. The van der Waals surface area contributed by atoms with E-state index in [9.17, 15) is 0 Å². The molecule has 0 unspecified atom stereocenters. The van der Waals surface area contributed by atoms with Crippen LogP contribution in [0, 0.1) is 0 Å². The summed E-state index contributed by atoms with van der Waals surface area (Å²) in [7, 11) is 0. The van der Waals surface area contributed by atoms with Gasteiger partial charge in [-0.15, -0.1) is 0 Å². The van der Waals surface area contributed by atoms with Crippen molar-refractivity contribution in [3.05, 3.63) is 34.4 Å². The van der Waals surface area contributed by atoms with Gasteiger partial charge in [0.2, 0.25) is 0 Å². The van der Waals surface area contributed by atoms with E-state index in [0.29, 0.717) is 10.0 Å². The highest BCUT2D eigenvalue weighted by Gasteiger charge is 2.09. The van der Waals surface area contributed by atoms with Gasteiger partial charge in [0.05, 0.1) is 10.5 Å². The Hall–Kier alpha value is -0.700. The Labute approximate surface area is 118 Å². The molecule has 0 spiro atoms. The van der Waals surface area contributed by atoms with Crippen molar-refractivity contribution in [1.29, 1.82) is 0 Å². The van der Waals surface area contributed by atoms with Gasteiger partial charge in [0.25, 0.3) is 0 Å². The van der Waals surface area contributed by atoms with Gasteiger partial charge in [0.1, 0.15) is 0 Å². The van der Waals surface area contributed by atoms with Gasteiger partial charge in [-0.1, -0.05) is 23.2 Å². The first-order valence-electron chi connectivity index (χ1n) is 6.06. The topological polar surface area (TPSA) is 17.0 Å². The Morgan fingerprint density at radius 3 is 2.61 bits per heavy atom. The number of nitrogens with zero attached hydrogens (tertiary/aromatic N) is 1. The quantitative estimate of drug-likeness (QED) is 0.887. The summed E-state index contributed by atoms with van der Waals surface area (Å²) in [4.78, 5) is 0. The summed E-state index contributed by atoms with van der Waals surface area (Å²) in [6, 6.07) is 5.77. The second-order valence-corrected chi connectivity index (χ2v) is 6.35. The molecule has 18 heavy (non-hydrogen) atoms. The number of benzene rings is 1. The van der Waals surface area contributed by atoms with E-state index in [1.165, 1.54) is 0 Å². The van der Waals surface area contributed by atoms with E-state index in [-0.39, 0.29) is 5.54 Å². The van der Waals surface area contributed by atoms with Crippen molar-refractivity contribution in [3.63, 3.8) is 0 Å². The highest BCUT2D eigenvalue weighted by molar-refractivity contribution is 6.38. The molecule has 1 N–H and O–H groups in total. The van der Waals surface area contributed by atoms with Crippen molar-refractivity contribution < 1.29 is 0 Å². The maximum Gasteiger partial charge on any atom is 0.0514 e. The number of halogens is 2. The SMILES string of the molecule is CC(C)(C)NCCn1ccc2c(Cl)cc(Cl)cc21. The molecule has 1 aromatic carbocycles. The monoisotopic (exact) mass is 284 g/mol. The van der Waals surface area contributed by atoms with Gasteiger partial charge in [0, 0.05) is 35.2 Å². The van der Waals surface area contributed by atoms with Crippen LogP contribution in [0.25, 0.3) is 10.9 Å². The Morgan fingerprint density at radius 1 is 1.22 bits per heavy atom. The van der Waals surface area contributed by atoms with Crippen molar-refractivity contribution >= 4 is 34.1 Å². The minimum atomic E-state index is 0.137. The predicted octanol–water partition coefficient (Wildman–Crippen LogP) is 4.34. The highest BCUT2D eigenvalue weighted by Crippen LogP contribution is 2.28. The van der Waals surface area contributed by atoms with Crippen LogP contribution in [0.4, 0.5) is 0 Å². The molecule has 4 heteroatoms. The van der Waals surface area contributed by atoms with E-state index in [4.69, 9.17) is 23.2 Å². The summed E-state index contributed by atoms with van der Waals surface area (Å²) in [5.74, 6) is 0. The van der Waals surface area contributed by atoms with Crippen LogP contribution in [0.2, 0.25) is 10.0 Å². The molecule has 0 aliphatic rings. The van der Waals surface area contributed by atoms with Gasteiger partial charge in [-0.05, 0) is 39.0 Å². The molecule has 0 saturated carbocycles. The molecule has 2 nitrogen and oxygen atoms in total. The minimum Gasteiger partial charge on any atom is -0.346 e. The van der Waals surface area contributed by atoms with Crippen molar-refractivity contribution in [2.45, 2.75) is 32.9 Å². The Morgan fingerprint density at radius 2 is 1.94 bits per heavy atom. The first-order valence-corrected chi connectivity index (χ1v) is 6.81. The van der Waals surface area contributed by atoms with Crippen LogP contribution < -0.4 is 5.32 Å². The zero-order valence-corrected chi connectivity index (χ0v) is 12.4. The predicted molar refractivity (Wildman–Crippen MR) is 79.7 cm³/mol. The molecular weight excluding hydrogens is 267 g/mol. The molecule has 0 radical (unpaired) electrons. The van der Waals surface area contributed by atoms with E-state index >= 15 is 0 Å². The van der Waals surface area contributed by atoms with Crippen LogP contribution in [0.3, 0.4) is 0 Å². The normalized spacial score (nSPS) is 12.3. The maximum atomic E-state index is 6.17. The number of rotatable bonds is 3. The largest absolute Gasteiger partial charge is 0.346 e. The fourth-order valence-corrected chi connectivity index (χ4v) is 2.51. The summed E-state index contributed by atoms with van der Waals surface area (Å²) >= 11 is 12.2. The zero-order valence-electron chi connectivity index (χ0n) is 10.9. The highest BCUT2D eigenvalue weighted by atomic mass is 35.5. The number of hydrogen-bond donors (Lipinski definition) is 1. The van der Waals surface area contributed by atoms with Crippen molar-refractivity contribution in [2.24, 2.45) is 0 Å². The number of hydrogen-bond acceptors (Lipinski definition) is 1. The summed E-state index contributed by atoms with van der Waals surface area (Å²) in [6.45, 7) is 8.30. The molecule has 0 saturated heterocycles. The van der Waals surface area contributed by atoms with Crippen molar-refractivity contribution in [3.8, 4) is 0 Å². The second-order valence-electron chi connectivity index (χ2n) is 5.51. The molecule has 2 rings (SSSR count). The molecule has 98 valence electrons. The van der Waals surface area contributed by atoms with Gasteiger partial charge in [-0.3, -0.25) is 0 Å². The number of aromatic nitrogens is 1. The average molecular weight is 285 g/mol. The molecule has 1 aromatic heterocycles. The molecule has 0 amide bonds. The van der Waals surface area contributed by atoms with Crippen molar-refractivity contribution in [2.75, 3.05) is 6.54 Å². The molecule has 0 atom stereocenters. The third-order valence-corrected chi connectivity index (χ3v) is 3.34. The van der Waals surface area contributed by atoms with E-state index in [2.05, 4.69) is 36.9 Å². The third kappa shape index (κ3) is 3.19. The molecule has 1 heterocycles. The van der Waals surface area contributed by atoms with Crippen LogP contribution in [0.5, 0.6) is 0 Å². The summed E-state index contributed by atoms with van der Waals surface area (Å²) in [5, 5.41) is 5.91. The Kier molecular flexibility index (Phi) is 3.90. The maximum absolute atomic E-state index is 6.17. The molecule has 0 aliphatic heterocycles. The first kappa shape index (κ1) is 13.7. The summed E-state index contributed by atoms with van der Waals surface area (Å²) < 4.78 is 2.17. The lowest BCUT2D eigenvalue weighted by molar-refractivity contribution is 0.414. The number of fused-ring (bicyclic) bond motifs is 1. The van der Waals surface area contributed by atoms with Crippen LogP contribution >= 0.6 is 23.2 Å². The van der Waals surface area contributed by atoms with Gasteiger partial charge >= 0.3 is 0 Å². The Bertz CT molecular complexity index is 553. The van der Waals surface area contributed by atoms with Gasteiger partial charge in [-0.2, -0.15) is 0 Å². The molecule has 0 fully saturated rings. The van der Waals surface area contributed by atoms with Crippen LogP contribution in [-0.2, 0) is 6.54 Å². The fraction of sp³-hybridized carbons (Fsp3) is 0.429. The molecule has 0 bridgehead atoms. The second kappa shape index (κ2) is 5.12. The fourth-order valence-electron chi connectivity index (χ4n) is 1.96. The van der Waals surface area contributed by atoms with Crippen LogP contribution in [0.15, 0.2) is 24.4 Å². The lowest BCUT2D eigenvalue weighted by Gasteiger charge is -2.20. The standard InChI is InChI=1S/C14H18Cl2N2/c1-14(2,3)17-5-7-18-6-4-11-12(16)8-10(15)9-13(11)18/h4,6,8-9,17H,5,7H2,1-3H3. The van der Waals surface area contributed by atoms with E-state index in [1.54, 1.807) is 6.07 Å². The smallest absolute Gasteiger partial charge is 0.0514 e. The van der Waals surface area contributed by atoms with Gasteiger partial charge in [0.15, 0.2) is 0 Å². The van der Waals surface area contributed by atoms with E-state index in [0.717, 1.165) is 24.0 Å². The van der Waals surface area contributed by atoms with Gasteiger partial charge in [-0.25, -0.2) is 0 Å². The zero-order chi connectivity index (χ0) is 13.3. The summed E-state index contributed by atoms with van der Waals surface area (Å²) in [6.07, 6.45) is 2.05. The van der Waals surface area contributed by atoms with Crippen LogP contribution in [0.1, 0.15) is 20.8 Å². The minimum absolute atomic E-state index is 0.137. The first-order chi connectivity index (χ1) is 8.37. The number of nitrogens with one attached hydrogen (secondary N) is 1. The lowest BCUT2D eigenvalue weighted by Crippen LogP contribution is -2.37. The Balaban J connectivity index is 2.19. The summed E-state index contributed by atoms with van der Waals surface area (Å²) in [5.41, 5.74) is 1.22. The molecule has 2 aromatic rings. The van der Waals surface area contributed by atoms with E-state index in [1.807, 2.05) is 12.1 Å². The van der Waals surface area contributed by atoms with Crippen molar-refractivity contribution in [1.82, 2.24) is 9.88 Å².